The summed E-state index contributed by atoms with van der Waals surface area (Å²) >= 11 is 3.44. The van der Waals surface area contributed by atoms with Gasteiger partial charge in [-0.25, -0.2) is 9.78 Å². The summed E-state index contributed by atoms with van der Waals surface area (Å²) in [4.78, 5) is 22.9. The van der Waals surface area contributed by atoms with E-state index in [0.29, 0.717) is 24.3 Å². The van der Waals surface area contributed by atoms with Gasteiger partial charge in [-0.1, -0.05) is 0 Å². The second-order valence-corrected chi connectivity index (χ2v) is 8.04. The largest absolute Gasteiger partial charge is 0.480 e. The van der Waals surface area contributed by atoms with Gasteiger partial charge >= 0.3 is 6.09 Å². The Bertz CT molecular complexity index is 611. The summed E-state index contributed by atoms with van der Waals surface area (Å²) in [5.74, 6) is 1.68. The van der Waals surface area contributed by atoms with E-state index in [4.69, 9.17) is 9.47 Å². The lowest BCUT2D eigenvalue weighted by molar-refractivity contribution is 0.0516. The van der Waals surface area contributed by atoms with Crippen LogP contribution in [-0.2, 0) is 4.74 Å². The van der Waals surface area contributed by atoms with Crippen LogP contribution in [0.2, 0.25) is 0 Å². The Morgan fingerprint density at radius 1 is 1.32 bits per heavy atom. The average molecular weight is 415 g/mol. The first-order chi connectivity index (χ1) is 11.7. The summed E-state index contributed by atoms with van der Waals surface area (Å²) in [7, 11) is 1.60. The number of piperidine rings is 1. The smallest absolute Gasteiger partial charge is 0.407 e. The summed E-state index contributed by atoms with van der Waals surface area (Å²) in [6.45, 7) is 9.84. The van der Waals surface area contributed by atoms with E-state index in [-0.39, 0.29) is 6.09 Å². The van der Waals surface area contributed by atoms with E-state index in [1.807, 2.05) is 27.7 Å². The molecule has 140 valence electrons. The van der Waals surface area contributed by atoms with Crippen molar-refractivity contribution in [3.63, 3.8) is 0 Å². The molecule has 0 saturated carbocycles. The van der Waals surface area contributed by atoms with E-state index < -0.39 is 5.60 Å². The number of carbonyl (C=O) groups excluding carboxylic acids is 1. The Kier molecular flexibility index (Phi) is 6.48. The third-order valence-electron chi connectivity index (χ3n) is 4.00. The van der Waals surface area contributed by atoms with Gasteiger partial charge in [0.25, 0.3) is 0 Å². The van der Waals surface area contributed by atoms with Crippen molar-refractivity contribution < 1.29 is 14.3 Å². The summed E-state index contributed by atoms with van der Waals surface area (Å²) in [5, 5.41) is 2.86. The zero-order valence-corrected chi connectivity index (χ0v) is 17.1. The molecule has 1 aromatic rings. The second kappa shape index (κ2) is 8.21. The third-order valence-corrected chi connectivity index (χ3v) is 4.91. The minimum atomic E-state index is -0.469. The molecule has 25 heavy (non-hydrogen) atoms. The number of rotatable bonds is 4. The van der Waals surface area contributed by atoms with E-state index in [0.717, 1.165) is 36.1 Å². The predicted octanol–water partition coefficient (Wildman–Crippen LogP) is 3.30. The fourth-order valence-corrected chi connectivity index (χ4v) is 3.01. The molecule has 1 saturated heterocycles. The first-order valence-electron chi connectivity index (χ1n) is 8.49. The van der Waals surface area contributed by atoms with Gasteiger partial charge in [-0.05, 0) is 62.4 Å². The molecule has 1 aliphatic heterocycles. The fraction of sp³-hybridized carbons (Fsp3) is 0.706. The highest BCUT2D eigenvalue weighted by molar-refractivity contribution is 9.10. The van der Waals surface area contributed by atoms with Gasteiger partial charge in [0.1, 0.15) is 10.1 Å². The quantitative estimate of drug-likeness (QED) is 0.814. The Hall–Kier alpha value is -1.57. The molecule has 2 heterocycles. The molecule has 0 aliphatic carbocycles. The van der Waals surface area contributed by atoms with Crippen LogP contribution in [0.5, 0.6) is 5.88 Å². The molecular formula is C17H27BrN4O3. The van der Waals surface area contributed by atoms with Crippen LogP contribution in [0.25, 0.3) is 0 Å². The van der Waals surface area contributed by atoms with Gasteiger partial charge in [0.2, 0.25) is 11.8 Å². The van der Waals surface area contributed by atoms with Crippen LogP contribution in [0.3, 0.4) is 0 Å². The zero-order chi connectivity index (χ0) is 18.6. The van der Waals surface area contributed by atoms with Crippen molar-refractivity contribution in [1.82, 2.24) is 15.3 Å². The van der Waals surface area contributed by atoms with Crippen molar-refractivity contribution >= 4 is 28.0 Å². The molecule has 8 heteroatoms. The number of anilines is 1. The Balaban J connectivity index is 1.86. The fourth-order valence-electron chi connectivity index (χ4n) is 2.67. The molecule has 0 unspecified atom stereocenters. The third kappa shape index (κ3) is 5.73. The summed E-state index contributed by atoms with van der Waals surface area (Å²) in [5.41, 5.74) is 0.388. The number of nitrogens with zero attached hydrogens (tertiary/aromatic N) is 3. The number of amides is 1. The molecule has 0 spiro atoms. The highest BCUT2D eigenvalue weighted by atomic mass is 79.9. The normalized spacial score (nSPS) is 15.8. The minimum Gasteiger partial charge on any atom is -0.480 e. The van der Waals surface area contributed by atoms with E-state index in [9.17, 15) is 4.79 Å². The van der Waals surface area contributed by atoms with Crippen LogP contribution in [0.15, 0.2) is 4.47 Å². The molecule has 1 fully saturated rings. The van der Waals surface area contributed by atoms with Crippen LogP contribution < -0.4 is 15.0 Å². The van der Waals surface area contributed by atoms with Crippen LogP contribution >= 0.6 is 15.9 Å². The first kappa shape index (κ1) is 19.8. The van der Waals surface area contributed by atoms with E-state index in [1.54, 1.807) is 7.11 Å². The maximum Gasteiger partial charge on any atom is 0.407 e. The second-order valence-electron chi connectivity index (χ2n) is 7.25. The maximum absolute atomic E-state index is 11.7. The van der Waals surface area contributed by atoms with Gasteiger partial charge in [-0.3, -0.25) is 0 Å². The number of ether oxygens (including phenoxy) is 2. The van der Waals surface area contributed by atoms with Gasteiger partial charge in [0.15, 0.2) is 0 Å². The maximum atomic E-state index is 11.7. The summed E-state index contributed by atoms with van der Waals surface area (Å²) in [6, 6.07) is 0. The van der Waals surface area contributed by atoms with Crippen molar-refractivity contribution in [2.45, 2.75) is 46.1 Å². The Morgan fingerprint density at radius 2 is 1.96 bits per heavy atom. The highest BCUT2D eigenvalue weighted by Crippen LogP contribution is 2.29. The molecule has 0 aromatic carbocycles. The van der Waals surface area contributed by atoms with Gasteiger partial charge < -0.3 is 19.7 Å². The predicted molar refractivity (Wildman–Crippen MR) is 100 cm³/mol. The van der Waals surface area contributed by atoms with Gasteiger partial charge in [0.05, 0.1) is 12.8 Å². The van der Waals surface area contributed by atoms with Crippen LogP contribution in [0.4, 0.5) is 10.7 Å². The van der Waals surface area contributed by atoms with Crippen LogP contribution in [0.1, 0.15) is 39.3 Å². The average Bonchev–Trinajstić information content (AvgIpc) is 2.54. The number of halogens is 1. The Morgan fingerprint density at radius 3 is 2.52 bits per heavy atom. The molecule has 1 aliphatic rings. The molecule has 0 radical (unpaired) electrons. The van der Waals surface area contributed by atoms with Gasteiger partial charge in [0, 0.05) is 19.6 Å². The van der Waals surface area contributed by atoms with Crippen molar-refractivity contribution in [3.8, 4) is 5.88 Å². The summed E-state index contributed by atoms with van der Waals surface area (Å²) < 4.78 is 11.4. The molecule has 1 amide bonds. The number of aromatic nitrogens is 2. The lowest BCUT2D eigenvalue weighted by atomic mass is 9.97. The molecule has 0 atom stereocenters. The molecule has 0 bridgehead atoms. The first-order valence-corrected chi connectivity index (χ1v) is 9.29. The van der Waals surface area contributed by atoms with Crippen LogP contribution in [-0.4, -0.2) is 48.4 Å². The number of aryl methyl sites for hydroxylation is 1. The monoisotopic (exact) mass is 414 g/mol. The molecule has 1 N–H and O–H groups in total. The van der Waals surface area contributed by atoms with Gasteiger partial charge in [-0.15, -0.1) is 0 Å². The topological polar surface area (TPSA) is 76.6 Å². The number of methoxy groups -OCH3 is 1. The number of hydrogen-bond acceptors (Lipinski definition) is 6. The highest BCUT2D eigenvalue weighted by Gasteiger charge is 2.24. The van der Waals surface area contributed by atoms with Crippen molar-refractivity contribution in [1.29, 1.82) is 0 Å². The summed E-state index contributed by atoms with van der Waals surface area (Å²) in [6.07, 6.45) is 1.58. The standard InChI is InChI=1S/C17H27BrN4O3/c1-11-13(18)14(24-5)21-15(20-11)22-8-6-12(7-9-22)10-19-16(23)25-17(2,3)4/h12H,6-10H2,1-5H3,(H,19,23). The van der Waals surface area contributed by atoms with E-state index in [1.165, 1.54) is 0 Å². The zero-order valence-electron chi connectivity index (χ0n) is 15.6. The molecule has 1 aromatic heterocycles. The van der Waals surface area contributed by atoms with E-state index >= 15 is 0 Å². The van der Waals surface area contributed by atoms with Gasteiger partial charge in [-0.2, -0.15) is 4.98 Å². The lowest BCUT2D eigenvalue weighted by Gasteiger charge is -2.32. The number of alkyl carbamates (subject to hydrolysis) is 1. The SMILES string of the molecule is COc1nc(N2CCC(CNC(=O)OC(C)(C)C)CC2)nc(C)c1Br. The lowest BCUT2D eigenvalue weighted by Crippen LogP contribution is -2.40. The van der Waals surface area contributed by atoms with Crippen molar-refractivity contribution in [2.24, 2.45) is 5.92 Å². The van der Waals surface area contributed by atoms with Crippen molar-refractivity contribution in [3.05, 3.63) is 10.2 Å². The molecular weight excluding hydrogens is 388 g/mol. The van der Waals surface area contributed by atoms with Crippen molar-refractivity contribution in [2.75, 3.05) is 31.6 Å². The number of carbonyl (C=O) groups is 1. The minimum absolute atomic E-state index is 0.355. The molecule has 2 rings (SSSR count). The molecule has 7 nitrogen and oxygen atoms in total. The Labute approximate surface area is 157 Å². The van der Waals surface area contributed by atoms with Crippen LogP contribution in [0, 0.1) is 12.8 Å². The number of nitrogens with one attached hydrogen (secondary N) is 1. The van der Waals surface area contributed by atoms with E-state index in [2.05, 4.69) is 36.1 Å². The number of hydrogen-bond donors (Lipinski definition) is 1.